The SMILES string of the molecule is CC(C)c1ccn(CCNC(=O)CCCC[C@H]2SC[C@H]3NC(=O)N[C@]32C)n1. The summed E-state index contributed by atoms with van der Waals surface area (Å²) < 4.78 is 1.88. The predicted molar refractivity (Wildman–Crippen MR) is 108 cm³/mol. The molecule has 7 nitrogen and oxygen atoms in total. The Balaban J connectivity index is 1.29. The van der Waals surface area contributed by atoms with Crippen molar-refractivity contribution in [3.05, 3.63) is 18.0 Å². The van der Waals surface area contributed by atoms with Crippen molar-refractivity contribution >= 4 is 23.7 Å². The molecule has 1 aromatic rings. The van der Waals surface area contributed by atoms with Crippen molar-refractivity contribution in [2.24, 2.45) is 0 Å². The first-order chi connectivity index (χ1) is 12.9. The number of rotatable bonds is 9. The van der Waals surface area contributed by atoms with E-state index in [1.807, 2.05) is 28.7 Å². The molecule has 27 heavy (non-hydrogen) atoms. The molecule has 3 atom stereocenters. The molecular formula is C19H31N5O2S. The minimum Gasteiger partial charge on any atom is -0.354 e. The first-order valence-electron chi connectivity index (χ1n) is 9.89. The van der Waals surface area contributed by atoms with E-state index >= 15 is 0 Å². The van der Waals surface area contributed by atoms with Gasteiger partial charge in [-0.25, -0.2) is 4.79 Å². The van der Waals surface area contributed by atoms with Crippen LogP contribution in [0.2, 0.25) is 0 Å². The Hall–Kier alpha value is -1.70. The minimum atomic E-state index is -0.150. The van der Waals surface area contributed by atoms with E-state index in [9.17, 15) is 9.59 Å². The molecule has 2 fully saturated rings. The van der Waals surface area contributed by atoms with E-state index in [-0.39, 0.29) is 23.5 Å². The lowest BCUT2D eigenvalue weighted by Crippen LogP contribution is -2.50. The van der Waals surface area contributed by atoms with Gasteiger partial charge in [0.25, 0.3) is 0 Å². The fraction of sp³-hybridized carbons (Fsp3) is 0.737. The molecule has 3 amide bonds. The fourth-order valence-corrected chi connectivity index (χ4v) is 5.54. The van der Waals surface area contributed by atoms with Crippen LogP contribution in [0.4, 0.5) is 4.79 Å². The lowest BCUT2D eigenvalue weighted by Gasteiger charge is -2.29. The summed E-state index contributed by atoms with van der Waals surface area (Å²) in [6.45, 7) is 7.68. The maximum absolute atomic E-state index is 12.0. The Labute approximate surface area is 165 Å². The molecule has 0 unspecified atom stereocenters. The second-order valence-corrected chi connectivity index (χ2v) is 9.25. The van der Waals surface area contributed by atoms with Gasteiger partial charge in [0, 0.05) is 30.2 Å². The molecule has 3 rings (SSSR count). The second-order valence-electron chi connectivity index (χ2n) is 8.01. The molecule has 2 saturated heterocycles. The van der Waals surface area contributed by atoms with Crippen LogP contribution in [0.25, 0.3) is 0 Å². The van der Waals surface area contributed by atoms with Crippen molar-refractivity contribution in [2.45, 2.75) is 75.7 Å². The summed E-state index contributed by atoms with van der Waals surface area (Å²) in [5, 5.41) is 14.0. The summed E-state index contributed by atoms with van der Waals surface area (Å²) in [6, 6.07) is 2.20. The van der Waals surface area contributed by atoms with E-state index in [0.717, 1.165) is 30.7 Å². The Bertz CT molecular complexity index is 677. The van der Waals surface area contributed by atoms with Crippen molar-refractivity contribution in [3.63, 3.8) is 0 Å². The highest BCUT2D eigenvalue weighted by Gasteiger charge is 2.52. The number of fused-ring (bicyclic) bond motifs is 1. The fourth-order valence-electron chi connectivity index (χ4n) is 3.79. The number of hydrogen-bond acceptors (Lipinski definition) is 4. The summed E-state index contributed by atoms with van der Waals surface area (Å²) in [5.41, 5.74) is 0.929. The number of amides is 3. The summed E-state index contributed by atoms with van der Waals surface area (Å²) in [4.78, 5) is 23.6. The van der Waals surface area contributed by atoms with Gasteiger partial charge in [-0.1, -0.05) is 20.3 Å². The molecule has 3 heterocycles. The van der Waals surface area contributed by atoms with Crippen LogP contribution in [0.15, 0.2) is 12.3 Å². The molecule has 150 valence electrons. The van der Waals surface area contributed by atoms with Gasteiger partial charge in [0.05, 0.1) is 23.8 Å². The van der Waals surface area contributed by atoms with Gasteiger partial charge in [-0.05, 0) is 31.7 Å². The normalized spacial score (nSPS) is 26.7. The summed E-state index contributed by atoms with van der Waals surface area (Å²) in [5.74, 6) is 1.49. The Kier molecular flexibility index (Phi) is 6.34. The average molecular weight is 394 g/mol. The molecule has 0 radical (unpaired) electrons. The van der Waals surface area contributed by atoms with Crippen molar-refractivity contribution in [2.75, 3.05) is 12.3 Å². The molecule has 3 N–H and O–H groups in total. The molecule has 0 saturated carbocycles. The monoisotopic (exact) mass is 393 g/mol. The van der Waals surface area contributed by atoms with Gasteiger partial charge in [0.15, 0.2) is 0 Å². The summed E-state index contributed by atoms with van der Waals surface area (Å²) >= 11 is 1.92. The smallest absolute Gasteiger partial charge is 0.315 e. The number of nitrogens with one attached hydrogen (secondary N) is 3. The third-order valence-electron chi connectivity index (χ3n) is 5.58. The van der Waals surface area contributed by atoms with Crippen LogP contribution >= 0.6 is 11.8 Å². The molecule has 2 aliphatic heterocycles. The Morgan fingerprint density at radius 2 is 2.30 bits per heavy atom. The zero-order valence-corrected chi connectivity index (χ0v) is 17.3. The highest BCUT2D eigenvalue weighted by molar-refractivity contribution is 8.00. The van der Waals surface area contributed by atoms with Crippen LogP contribution in [-0.2, 0) is 11.3 Å². The van der Waals surface area contributed by atoms with Gasteiger partial charge >= 0.3 is 6.03 Å². The van der Waals surface area contributed by atoms with E-state index in [4.69, 9.17) is 0 Å². The largest absolute Gasteiger partial charge is 0.354 e. The molecule has 8 heteroatoms. The standard InChI is InChI=1S/C19H31N5O2S/c1-13(2)14-8-10-24(23-14)11-9-20-17(25)7-5-4-6-16-19(3)15(12-27-16)21-18(26)22-19/h8,10,13,15-16H,4-7,9,11-12H2,1-3H3,(H,20,25)(H2,21,22,26)/t15-,16-,19-/m1/s1. The highest BCUT2D eigenvalue weighted by atomic mass is 32.2. The zero-order chi connectivity index (χ0) is 19.4. The second kappa shape index (κ2) is 8.54. The van der Waals surface area contributed by atoms with Gasteiger partial charge in [-0.2, -0.15) is 16.9 Å². The van der Waals surface area contributed by atoms with E-state index in [1.54, 1.807) is 0 Å². The van der Waals surface area contributed by atoms with E-state index in [1.165, 1.54) is 0 Å². The third kappa shape index (κ3) is 4.78. The van der Waals surface area contributed by atoms with Crippen LogP contribution in [0, 0.1) is 0 Å². The zero-order valence-electron chi connectivity index (χ0n) is 16.5. The molecular weight excluding hydrogens is 362 g/mol. The first kappa shape index (κ1) is 20.0. The third-order valence-corrected chi connectivity index (χ3v) is 7.23. The van der Waals surface area contributed by atoms with Gasteiger partial charge < -0.3 is 16.0 Å². The number of aromatic nitrogens is 2. The topological polar surface area (TPSA) is 88.0 Å². The van der Waals surface area contributed by atoms with Crippen molar-refractivity contribution in [1.82, 2.24) is 25.7 Å². The maximum atomic E-state index is 12.0. The number of thioether (sulfide) groups is 1. The van der Waals surface area contributed by atoms with Gasteiger partial charge in [-0.15, -0.1) is 0 Å². The summed E-state index contributed by atoms with van der Waals surface area (Å²) in [6.07, 6.45) is 5.42. The van der Waals surface area contributed by atoms with Crippen molar-refractivity contribution < 1.29 is 9.59 Å². The van der Waals surface area contributed by atoms with E-state index in [0.29, 0.717) is 30.7 Å². The van der Waals surface area contributed by atoms with Crippen molar-refractivity contribution in [3.8, 4) is 0 Å². The van der Waals surface area contributed by atoms with Crippen LogP contribution in [0.5, 0.6) is 0 Å². The number of carbonyl (C=O) groups is 2. The molecule has 2 aliphatic rings. The van der Waals surface area contributed by atoms with E-state index < -0.39 is 0 Å². The van der Waals surface area contributed by atoms with Crippen LogP contribution in [-0.4, -0.2) is 50.8 Å². The molecule has 0 bridgehead atoms. The molecule has 0 spiro atoms. The average Bonchev–Trinajstić information content (AvgIpc) is 3.26. The molecule has 0 aliphatic carbocycles. The van der Waals surface area contributed by atoms with Gasteiger partial charge in [0.1, 0.15) is 0 Å². The first-order valence-corrected chi connectivity index (χ1v) is 10.9. The summed E-state index contributed by atoms with van der Waals surface area (Å²) in [7, 11) is 0. The minimum absolute atomic E-state index is 0.0510. The number of unbranched alkanes of at least 4 members (excludes halogenated alkanes) is 1. The van der Waals surface area contributed by atoms with Crippen LogP contribution in [0.1, 0.15) is 58.1 Å². The van der Waals surface area contributed by atoms with Gasteiger partial charge in [0.2, 0.25) is 5.91 Å². The van der Waals surface area contributed by atoms with Crippen LogP contribution in [0.3, 0.4) is 0 Å². The number of hydrogen-bond donors (Lipinski definition) is 3. The predicted octanol–water partition coefficient (Wildman–Crippen LogP) is 2.24. The number of urea groups is 1. The van der Waals surface area contributed by atoms with Crippen molar-refractivity contribution in [1.29, 1.82) is 0 Å². The Morgan fingerprint density at radius 3 is 3.04 bits per heavy atom. The quantitative estimate of drug-likeness (QED) is 0.443. The maximum Gasteiger partial charge on any atom is 0.315 e. The molecule has 1 aromatic heterocycles. The van der Waals surface area contributed by atoms with Gasteiger partial charge in [-0.3, -0.25) is 9.48 Å². The number of nitrogens with zero attached hydrogens (tertiary/aromatic N) is 2. The lowest BCUT2D eigenvalue weighted by molar-refractivity contribution is -0.121. The van der Waals surface area contributed by atoms with E-state index in [2.05, 4.69) is 41.8 Å². The highest BCUT2D eigenvalue weighted by Crippen LogP contribution is 2.40. The lowest BCUT2D eigenvalue weighted by atomic mass is 9.88. The van der Waals surface area contributed by atoms with Crippen LogP contribution < -0.4 is 16.0 Å². The number of carbonyl (C=O) groups excluding carboxylic acids is 2. The molecule has 0 aromatic carbocycles. The Morgan fingerprint density at radius 1 is 1.48 bits per heavy atom.